The number of fused-ring (bicyclic) bond motifs is 1. The van der Waals surface area contributed by atoms with Gasteiger partial charge >= 0.3 is 0 Å². The molecule has 0 spiro atoms. The standard InChI is InChI=1S/C14H20N2O3S/c17-20(18,16-11-4-3-9-19-10-11)14-7-1-6-13-12(14)5-2-8-15-13/h1,6-7,11,15-16H,2-5,8-10H2. The molecular weight excluding hydrogens is 276 g/mol. The molecule has 2 aliphatic heterocycles. The highest BCUT2D eigenvalue weighted by Crippen LogP contribution is 2.28. The summed E-state index contributed by atoms with van der Waals surface area (Å²) in [5, 5.41) is 3.26. The second-order valence-electron chi connectivity index (χ2n) is 5.35. The van der Waals surface area contributed by atoms with Crippen LogP contribution in [0.1, 0.15) is 24.8 Å². The molecule has 0 saturated carbocycles. The van der Waals surface area contributed by atoms with Crippen molar-refractivity contribution in [2.45, 2.75) is 36.6 Å². The molecule has 20 heavy (non-hydrogen) atoms. The molecule has 0 aromatic heterocycles. The van der Waals surface area contributed by atoms with Crippen molar-refractivity contribution in [3.05, 3.63) is 23.8 Å². The van der Waals surface area contributed by atoms with E-state index in [0.717, 1.165) is 50.1 Å². The van der Waals surface area contributed by atoms with Crippen LogP contribution in [0.5, 0.6) is 0 Å². The Bertz CT molecular complexity index is 580. The van der Waals surface area contributed by atoms with E-state index in [4.69, 9.17) is 4.74 Å². The third kappa shape index (κ3) is 2.82. The van der Waals surface area contributed by atoms with Gasteiger partial charge in [0.15, 0.2) is 0 Å². The Hall–Kier alpha value is -1.11. The molecule has 2 heterocycles. The van der Waals surface area contributed by atoms with Gasteiger partial charge in [0.25, 0.3) is 0 Å². The zero-order valence-corrected chi connectivity index (χ0v) is 12.2. The summed E-state index contributed by atoms with van der Waals surface area (Å²) < 4.78 is 33.3. The van der Waals surface area contributed by atoms with Gasteiger partial charge in [-0.15, -0.1) is 0 Å². The fourth-order valence-electron chi connectivity index (χ4n) is 2.85. The Kier molecular flexibility index (Phi) is 3.96. The van der Waals surface area contributed by atoms with Crippen molar-refractivity contribution in [1.82, 2.24) is 4.72 Å². The minimum atomic E-state index is -3.47. The molecule has 2 aliphatic rings. The topological polar surface area (TPSA) is 67.4 Å². The average Bonchev–Trinajstić information content (AvgIpc) is 2.47. The molecule has 6 heteroatoms. The van der Waals surface area contributed by atoms with Crippen LogP contribution in [0.4, 0.5) is 5.69 Å². The zero-order valence-electron chi connectivity index (χ0n) is 11.4. The molecule has 2 N–H and O–H groups in total. The van der Waals surface area contributed by atoms with Crippen LogP contribution in [-0.2, 0) is 21.2 Å². The lowest BCUT2D eigenvalue weighted by atomic mass is 10.0. The molecule has 0 amide bonds. The van der Waals surface area contributed by atoms with E-state index >= 15 is 0 Å². The normalized spacial score (nSPS) is 22.9. The van der Waals surface area contributed by atoms with Crippen LogP contribution in [0.2, 0.25) is 0 Å². The number of rotatable bonds is 3. The number of benzene rings is 1. The fraction of sp³-hybridized carbons (Fsp3) is 0.571. The van der Waals surface area contributed by atoms with Gasteiger partial charge in [0.05, 0.1) is 11.5 Å². The predicted molar refractivity (Wildman–Crippen MR) is 77.4 cm³/mol. The summed E-state index contributed by atoms with van der Waals surface area (Å²) in [7, 11) is -3.47. The molecule has 1 aromatic rings. The maximum Gasteiger partial charge on any atom is 0.241 e. The van der Waals surface area contributed by atoms with Crippen LogP contribution in [0, 0.1) is 0 Å². The SMILES string of the molecule is O=S(=O)(NC1CCCOC1)c1cccc2c1CCCN2. The van der Waals surface area contributed by atoms with E-state index in [0.29, 0.717) is 11.5 Å². The van der Waals surface area contributed by atoms with Crippen molar-refractivity contribution in [3.63, 3.8) is 0 Å². The highest BCUT2D eigenvalue weighted by Gasteiger charge is 2.26. The van der Waals surface area contributed by atoms with Gasteiger partial charge in [-0.1, -0.05) is 6.07 Å². The molecule has 110 valence electrons. The van der Waals surface area contributed by atoms with Crippen molar-refractivity contribution in [1.29, 1.82) is 0 Å². The third-order valence-corrected chi connectivity index (χ3v) is 5.43. The van der Waals surface area contributed by atoms with Crippen LogP contribution in [0.25, 0.3) is 0 Å². The van der Waals surface area contributed by atoms with Gasteiger partial charge in [-0.2, -0.15) is 0 Å². The summed E-state index contributed by atoms with van der Waals surface area (Å²) >= 11 is 0. The van der Waals surface area contributed by atoms with Gasteiger partial charge in [-0.3, -0.25) is 0 Å². The van der Waals surface area contributed by atoms with Gasteiger partial charge in [-0.05, 0) is 43.4 Å². The molecular formula is C14H20N2O3S. The molecule has 1 atom stereocenters. The Morgan fingerprint density at radius 1 is 1.30 bits per heavy atom. The van der Waals surface area contributed by atoms with Crippen molar-refractivity contribution in [2.24, 2.45) is 0 Å². The van der Waals surface area contributed by atoms with E-state index in [1.165, 1.54) is 0 Å². The molecule has 1 fully saturated rings. The number of anilines is 1. The Balaban J connectivity index is 1.87. The average molecular weight is 296 g/mol. The van der Waals surface area contributed by atoms with E-state index in [1.54, 1.807) is 12.1 Å². The van der Waals surface area contributed by atoms with Crippen LogP contribution < -0.4 is 10.0 Å². The lowest BCUT2D eigenvalue weighted by Crippen LogP contribution is -2.41. The maximum absolute atomic E-state index is 12.6. The minimum absolute atomic E-state index is 0.110. The summed E-state index contributed by atoms with van der Waals surface area (Å²) in [6.07, 6.45) is 3.51. The molecule has 0 bridgehead atoms. The number of ether oxygens (including phenoxy) is 1. The van der Waals surface area contributed by atoms with E-state index in [-0.39, 0.29) is 6.04 Å². The number of hydrogen-bond acceptors (Lipinski definition) is 4. The monoisotopic (exact) mass is 296 g/mol. The van der Waals surface area contributed by atoms with Crippen LogP contribution in [0.3, 0.4) is 0 Å². The first kappa shape index (κ1) is 13.9. The summed E-state index contributed by atoms with van der Waals surface area (Å²) in [6.45, 7) is 2.09. The lowest BCUT2D eigenvalue weighted by Gasteiger charge is -2.25. The summed E-state index contributed by atoms with van der Waals surface area (Å²) in [6, 6.07) is 5.32. The Labute approximate surface area is 119 Å². The molecule has 3 rings (SSSR count). The second-order valence-corrected chi connectivity index (χ2v) is 7.03. The Morgan fingerprint density at radius 3 is 3.00 bits per heavy atom. The first-order valence-corrected chi connectivity index (χ1v) is 8.61. The minimum Gasteiger partial charge on any atom is -0.385 e. The smallest absolute Gasteiger partial charge is 0.241 e. The highest BCUT2D eigenvalue weighted by molar-refractivity contribution is 7.89. The van der Waals surface area contributed by atoms with E-state index in [9.17, 15) is 8.42 Å². The van der Waals surface area contributed by atoms with Crippen LogP contribution in [-0.4, -0.2) is 34.2 Å². The summed E-state index contributed by atoms with van der Waals surface area (Å²) in [5.41, 5.74) is 1.85. The summed E-state index contributed by atoms with van der Waals surface area (Å²) in [4.78, 5) is 0.410. The molecule has 1 aromatic carbocycles. The fourth-order valence-corrected chi connectivity index (χ4v) is 4.39. The van der Waals surface area contributed by atoms with Crippen molar-refractivity contribution in [2.75, 3.05) is 25.1 Å². The Morgan fingerprint density at radius 2 is 2.20 bits per heavy atom. The first-order valence-electron chi connectivity index (χ1n) is 7.13. The predicted octanol–water partition coefficient (Wildman–Crippen LogP) is 1.50. The quantitative estimate of drug-likeness (QED) is 0.887. The van der Waals surface area contributed by atoms with Gasteiger partial charge in [0, 0.05) is 24.9 Å². The van der Waals surface area contributed by atoms with Gasteiger partial charge in [0.1, 0.15) is 0 Å². The molecule has 0 aliphatic carbocycles. The molecule has 1 saturated heterocycles. The number of nitrogens with one attached hydrogen (secondary N) is 2. The van der Waals surface area contributed by atoms with E-state index in [2.05, 4.69) is 10.0 Å². The van der Waals surface area contributed by atoms with Crippen LogP contribution >= 0.6 is 0 Å². The first-order chi connectivity index (χ1) is 9.67. The van der Waals surface area contributed by atoms with E-state index in [1.807, 2.05) is 6.07 Å². The largest absolute Gasteiger partial charge is 0.385 e. The maximum atomic E-state index is 12.6. The van der Waals surface area contributed by atoms with Gasteiger partial charge in [0.2, 0.25) is 10.0 Å². The van der Waals surface area contributed by atoms with Crippen molar-refractivity contribution >= 4 is 15.7 Å². The second kappa shape index (κ2) is 5.71. The van der Waals surface area contributed by atoms with Crippen molar-refractivity contribution in [3.8, 4) is 0 Å². The zero-order chi connectivity index (χ0) is 14.0. The third-order valence-electron chi connectivity index (χ3n) is 3.82. The number of hydrogen-bond donors (Lipinski definition) is 2. The van der Waals surface area contributed by atoms with Crippen molar-refractivity contribution < 1.29 is 13.2 Å². The highest BCUT2D eigenvalue weighted by atomic mass is 32.2. The van der Waals surface area contributed by atoms with Crippen LogP contribution in [0.15, 0.2) is 23.1 Å². The van der Waals surface area contributed by atoms with Gasteiger partial charge in [-0.25, -0.2) is 13.1 Å². The lowest BCUT2D eigenvalue weighted by molar-refractivity contribution is 0.0774. The molecule has 1 unspecified atom stereocenters. The van der Waals surface area contributed by atoms with Gasteiger partial charge < -0.3 is 10.1 Å². The molecule has 5 nitrogen and oxygen atoms in total. The molecule has 0 radical (unpaired) electrons. The summed E-state index contributed by atoms with van der Waals surface area (Å²) in [5.74, 6) is 0. The number of sulfonamides is 1. The van der Waals surface area contributed by atoms with E-state index < -0.39 is 10.0 Å².